The normalized spacial score (nSPS) is 15.3. The van der Waals surface area contributed by atoms with Crippen LogP contribution in [0.2, 0.25) is 0 Å². The molecule has 0 atom stereocenters. The van der Waals surface area contributed by atoms with Gasteiger partial charge in [0.15, 0.2) is 5.82 Å². The van der Waals surface area contributed by atoms with Gasteiger partial charge in [0.1, 0.15) is 0 Å². The Morgan fingerprint density at radius 1 is 1.00 bits per heavy atom. The van der Waals surface area contributed by atoms with Gasteiger partial charge in [0.25, 0.3) is 11.8 Å². The third-order valence-electron chi connectivity index (χ3n) is 5.86. The maximum Gasteiger partial charge on any atom is 0.257 e. The highest BCUT2D eigenvalue weighted by atomic mass is 16.5. The first kappa shape index (κ1) is 19.5. The van der Waals surface area contributed by atoms with Crippen LogP contribution in [0, 0.1) is 0 Å². The number of amides is 1. The van der Waals surface area contributed by atoms with Crippen LogP contribution in [0.5, 0.6) is 0 Å². The molecule has 7 heteroatoms. The van der Waals surface area contributed by atoms with E-state index in [-0.39, 0.29) is 5.91 Å². The van der Waals surface area contributed by atoms with Crippen molar-refractivity contribution in [2.24, 2.45) is 7.05 Å². The first-order valence-corrected chi connectivity index (χ1v) is 10.6. The Hall–Kier alpha value is -3.45. The van der Waals surface area contributed by atoms with E-state index in [4.69, 9.17) is 4.52 Å². The number of nitrogens with zero attached hydrogens (tertiary/aromatic N) is 5. The number of hydrogen-bond donors (Lipinski definition) is 0. The smallest absolute Gasteiger partial charge is 0.257 e. The lowest BCUT2D eigenvalue weighted by Gasteiger charge is -2.21. The summed E-state index contributed by atoms with van der Waals surface area (Å²) in [4.78, 5) is 22.1. The molecule has 0 bridgehead atoms. The first-order chi connectivity index (χ1) is 15.2. The maximum atomic E-state index is 13.3. The van der Waals surface area contributed by atoms with Gasteiger partial charge in [0.05, 0.1) is 12.1 Å². The number of aromatic nitrogens is 3. The summed E-state index contributed by atoms with van der Waals surface area (Å²) in [6.07, 6.45) is 2.86. The largest absolute Gasteiger partial charge is 0.350 e. The minimum absolute atomic E-state index is 0.101. The number of rotatable bonds is 4. The van der Waals surface area contributed by atoms with E-state index in [1.54, 1.807) is 0 Å². The van der Waals surface area contributed by atoms with Crippen LogP contribution in [-0.4, -0.2) is 56.6 Å². The van der Waals surface area contributed by atoms with Gasteiger partial charge in [-0.15, -0.1) is 0 Å². The van der Waals surface area contributed by atoms with E-state index in [9.17, 15) is 4.79 Å². The molecule has 0 aliphatic carbocycles. The van der Waals surface area contributed by atoms with E-state index in [0.29, 0.717) is 24.8 Å². The Morgan fingerprint density at radius 2 is 1.81 bits per heavy atom. The number of carbonyl (C=O) groups excluding carboxylic acids is 1. The van der Waals surface area contributed by atoms with Crippen molar-refractivity contribution in [2.45, 2.75) is 13.0 Å². The molecule has 0 unspecified atom stereocenters. The minimum atomic E-state index is 0.101. The molecule has 0 saturated carbocycles. The molecule has 5 rings (SSSR count). The van der Waals surface area contributed by atoms with E-state index in [0.717, 1.165) is 48.1 Å². The highest BCUT2D eigenvalue weighted by molar-refractivity contribution is 6.07. The van der Waals surface area contributed by atoms with Gasteiger partial charge in [-0.2, -0.15) is 4.98 Å². The number of para-hydroxylation sites is 1. The summed E-state index contributed by atoms with van der Waals surface area (Å²) >= 11 is 0. The van der Waals surface area contributed by atoms with Gasteiger partial charge in [0.2, 0.25) is 0 Å². The van der Waals surface area contributed by atoms with Crippen molar-refractivity contribution in [3.8, 4) is 11.5 Å². The Balaban J connectivity index is 1.25. The molecule has 2 aromatic carbocycles. The Bertz CT molecular complexity index is 1200. The summed E-state index contributed by atoms with van der Waals surface area (Å²) < 4.78 is 7.45. The zero-order valence-electron chi connectivity index (χ0n) is 17.6. The Kier molecular flexibility index (Phi) is 5.26. The topological polar surface area (TPSA) is 67.4 Å². The van der Waals surface area contributed by atoms with Crippen LogP contribution < -0.4 is 0 Å². The molecule has 0 N–H and O–H groups in total. The molecule has 31 heavy (non-hydrogen) atoms. The second kappa shape index (κ2) is 8.35. The minimum Gasteiger partial charge on any atom is -0.350 e. The number of fused-ring (bicyclic) bond motifs is 1. The van der Waals surface area contributed by atoms with Gasteiger partial charge in [-0.05, 0) is 24.6 Å². The molecule has 7 nitrogen and oxygen atoms in total. The summed E-state index contributed by atoms with van der Waals surface area (Å²) in [5.41, 5.74) is 2.77. The molecule has 1 aliphatic heterocycles. The molecule has 1 fully saturated rings. The van der Waals surface area contributed by atoms with Gasteiger partial charge in [-0.3, -0.25) is 9.69 Å². The molecule has 4 aromatic rings. The van der Waals surface area contributed by atoms with Crippen LogP contribution >= 0.6 is 0 Å². The predicted octanol–water partition coefficient (Wildman–Crippen LogP) is 3.58. The summed E-state index contributed by atoms with van der Waals surface area (Å²) in [6, 6.07) is 17.8. The molecule has 2 aromatic heterocycles. The second-order valence-electron chi connectivity index (χ2n) is 7.97. The number of hydrogen-bond acceptors (Lipinski definition) is 5. The van der Waals surface area contributed by atoms with Crippen molar-refractivity contribution >= 4 is 16.8 Å². The fraction of sp³-hybridized carbons (Fsp3) is 0.292. The average molecular weight is 415 g/mol. The fourth-order valence-electron chi connectivity index (χ4n) is 4.23. The van der Waals surface area contributed by atoms with E-state index >= 15 is 0 Å². The SMILES string of the molecule is Cn1cc(C(=O)N2CCCN(Cc3noc(-c4ccccc4)n3)CC2)c2ccccc21. The lowest BCUT2D eigenvalue weighted by Crippen LogP contribution is -2.35. The summed E-state index contributed by atoms with van der Waals surface area (Å²) in [5.74, 6) is 1.32. The molecular weight excluding hydrogens is 390 g/mol. The molecule has 1 saturated heterocycles. The average Bonchev–Trinajstić information content (AvgIpc) is 3.32. The summed E-state index contributed by atoms with van der Waals surface area (Å²) in [6.45, 7) is 3.73. The van der Waals surface area contributed by atoms with E-state index < -0.39 is 0 Å². The maximum absolute atomic E-state index is 13.3. The van der Waals surface area contributed by atoms with E-state index in [2.05, 4.69) is 15.0 Å². The third kappa shape index (κ3) is 3.96. The van der Waals surface area contributed by atoms with Crippen molar-refractivity contribution in [2.75, 3.05) is 26.2 Å². The quantitative estimate of drug-likeness (QED) is 0.510. The highest BCUT2D eigenvalue weighted by Gasteiger charge is 2.24. The van der Waals surface area contributed by atoms with Gasteiger partial charge in [-0.1, -0.05) is 41.6 Å². The summed E-state index contributed by atoms with van der Waals surface area (Å²) in [5, 5.41) is 5.16. The molecular formula is C24H25N5O2. The second-order valence-corrected chi connectivity index (χ2v) is 7.97. The van der Waals surface area contributed by atoms with Crippen LogP contribution in [0.4, 0.5) is 0 Å². The standard InChI is InChI=1S/C24H25N5O2/c1-27-16-20(19-10-5-6-11-21(19)27)24(30)29-13-7-12-28(14-15-29)17-22-25-23(31-26-22)18-8-3-2-4-9-18/h2-6,8-11,16H,7,12-15,17H2,1H3. The summed E-state index contributed by atoms with van der Waals surface area (Å²) in [7, 11) is 1.98. The molecule has 0 radical (unpaired) electrons. The molecule has 3 heterocycles. The zero-order valence-corrected chi connectivity index (χ0v) is 17.6. The van der Waals surface area contributed by atoms with Crippen molar-refractivity contribution in [3.63, 3.8) is 0 Å². The van der Waals surface area contributed by atoms with E-state index in [1.165, 1.54) is 0 Å². The van der Waals surface area contributed by atoms with Gasteiger partial charge in [0, 0.05) is 55.9 Å². The Morgan fingerprint density at radius 3 is 2.68 bits per heavy atom. The highest BCUT2D eigenvalue weighted by Crippen LogP contribution is 2.23. The monoisotopic (exact) mass is 415 g/mol. The molecule has 0 spiro atoms. The Labute approximate surface area is 180 Å². The van der Waals surface area contributed by atoms with Crippen LogP contribution in [0.25, 0.3) is 22.4 Å². The van der Waals surface area contributed by atoms with Gasteiger partial charge in [-0.25, -0.2) is 0 Å². The van der Waals surface area contributed by atoms with Crippen molar-refractivity contribution < 1.29 is 9.32 Å². The number of aryl methyl sites for hydroxylation is 1. The van der Waals surface area contributed by atoms with Crippen molar-refractivity contribution in [1.82, 2.24) is 24.5 Å². The van der Waals surface area contributed by atoms with Gasteiger partial charge < -0.3 is 14.0 Å². The lowest BCUT2D eigenvalue weighted by atomic mass is 10.1. The fourth-order valence-corrected chi connectivity index (χ4v) is 4.23. The van der Waals surface area contributed by atoms with Crippen molar-refractivity contribution in [3.05, 3.63) is 72.2 Å². The molecule has 1 amide bonds. The zero-order chi connectivity index (χ0) is 21.2. The lowest BCUT2D eigenvalue weighted by molar-refractivity contribution is 0.0762. The molecule has 1 aliphatic rings. The number of benzene rings is 2. The van der Waals surface area contributed by atoms with Crippen LogP contribution in [0.15, 0.2) is 65.3 Å². The van der Waals surface area contributed by atoms with Gasteiger partial charge >= 0.3 is 0 Å². The third-order valence-corrected chi connectivity index (χ3v) is 5.86. The number of carbonyl (C=O) groups is 1. The van der Waals surface area contributed by atoms with E-state index in [1.807, 2.05) is 77.3 Å². The predicted molar refractivity (Wildman–Crippen MR) is 118 cm³/mol. The van der Waals surface area contributed by atoms with Crippen LogP contribution in [0.1, 0.15) is 22.6 Å². The first-order valence-electron chi connectivity index (χ1n) is 10.6. The molecule has 158 valence electrons. The van der Waals surface area contributed by atoms with Crippen LogP contribution in [0.3, 0.4) is 0 Å². The van der Waals surface area contributed by atoms with Crippen LogP contribution in [-0.2, 0) is 13.6 Å². The van der Waals surface area contributed by atoms with Crippen molar-refractivity contribution in [1.29, 1.82) is 0 Å².